The first kappa shape index (κ1) is 23.4. The van der Waals surface area contributed by atoms with E-state index < -0.39 is 5.41 Å². The highest BCUT2D eigenvalue weighted by molar-refractivity contribution is 5.95. The van der Waals surface area contributed by atoms with Gasteiger partial charge in [-0.2, -0.15) is 5.10 Å². The number of nitrogens with zero attached hydrogens (tertiary/aromatic N) is 3. The number of carbonyl (C=O) groups is 2. The second kappa shape index (κ2) is 8.90. The molecule has 2 rings (SSSR count). The Morgan fingerprint density at radius 2 is 1.70 bits per heavy atom. The van der Waals surface area contributed by atoms with Crippen molar-refractivity contribution in [1.82, 2.24) is 14.7 Å². The highest BCUT2D eigenvalue weighted by atomic mass is 16.5. The highest BCUT2D eigenvalue weighted by Gasteiger charge is 2.28. The van der Waals surface area contributed by atoms with Crippen molar-refractivity contribution in [1.29, 1.82) is 0 Å². The fourth-order valence-electron chi connectivity index (χ4n) is 2.91. The maximum atomic E-state index is 12.8. The van der Waals surface area contributed by atoms with E-state index in [1.165, 1.54) is 0 Å². The van der Waals surface area contributed by atoms with Crippen LogP contribution in [0.4, 0.5) is 5.82 Å². The lowest BCUT2D eigenvalue weighted by Crippen LogP contribution is -2.43. The number of anilines is 1. The molecule has 1 aromatic carbocycles. The van der Waals surface area contributed by atoms with E-state index in [2.05, 4.69) is 26.1 Å². The molecule has 7 nitrogen and oxygen atoms in total. The van der Waals surface area contributed by atoms with Gasteiger partial charge in [0.1, 0.15) is 11.6 Å². The third-order valence-corrected chi connectivity index (χ3v) is 4.71. The predicted molar refractivity (Wildman–Crippen MR) is 119 cm³/mol. The minimum absolute atomic E-state index is 0.00868. The number of methoxy groups -OCH3 is 1. The van der Waals surface area contributed by atoms with Gasteiger partial charge in [0.05, 0.1) is 25.0 Å². The van der Waals surface area contributed by atoms with Gasteiger partial charge in [0.25, 0.3) is 0 Å². The number of aromatic nitrogens is 2. The minimum atomic E-state index is -0.541. The molecule has 1 heterocycles. The van der Waals surface area contributed by atoms with Gasteiger partial charge in [-0.1, -0.05) is 41.5 Å². The summed E-state index contributed by atoms with van der Waals surface area (Å²) in [6.07, 6.45) is 0. The fraction of sp³-hybridized carbons (Fsp3) is 0.522. The molecule has 164 valence electrons. The van der Waals surface area contributed by atoms with Gasteiger partial charge >= 0.3 is 0 Å². The van der Waals surface area contributed by atoms with Gasteiger partial charge in [-0.15, -0.1) is 0 Å². The Balaban J connectivity index is 2.32. The molecule has 0 atom stereocenters. The zero-order valence-electron chi connectivity index (χ0n) is 19.4. The fourth-order valence-corrected chi connectivity index (χ4v) is 2.91. The Morgan fingerprint density at radius 1 is 1.10 bits per heavy atom. The van der Waals surface area contributed by atoms with Crippen LogP contribution in [0, 0.1) is 5.41 Å². The average molecular weight is 415 g/mol. The third-order valence-electron chi connectivity index (χ3n) is 4.71. The number of nitrogens with one attached hydrogen (secondary N) is 1. The summed E-state index contributed by atoms with van der Waals surface area (Å²) in [5.74, 6) is 0.991. The van der Waals surface area contributed by atoms with Crippen molar-refractivity contribution in [2.24, 2.45) is 5.41 Å². The molecule has 0 saturated carbocycles. The Kier molecular flexibility index (Phi) is 6.95. The van der Waals surface area contributed by atoms with Crippen LogP contribution in [0.25, 0.3) is 5.69 Å². The van der Waals surface area contributed by atoms with E-state index in [4.69, 9.17) is 9.84 Å². The quantitative estimate of drug-likeness (QED) is 0.775. The van der Waals surface area contributed by atoms with Crippen LogP contribution in [0.2, 0.25) is 0 Å². The van der Waals surface area contributed by atoms with E-state index in [9.17, 15) is 9.59 Å². The maximum absolute atomic E-state index is 12.8. The van der Waals surface area contributed by atoms with Crippen LogP contribution in [-0.4, -0.2) is 46.7 Å². The summed E-state index contributed by atoms with van der Waals surface area (Å²) in [6, 6.07) is 9.34. The Bertz CT molecular complexity index is 887. The van der Waals surface area contributed by atoms with Crippen molar-refractivity contribution in [3.8, 4) is 11.4 Å². The first-order chi connectivity index (χ1) is 13.9. The topological polar surface area (TPSA) is 76.5 Å². The zero-order chi connectivity index (χ0) is 22.7. The second-order valence-electron chi connectivity index (χ2n) is 9.39. The number of hydrogen-bond acceptors (Lipinski definition) is 4. The van der Waals surface area contributed by atoms with E-state index in [1.54, 1.807) is 16.7 Å². The number of likely N-dealkylation sites (N-methyl/N-ethyl adjacent to an activating group) is 1. The van der Waals surface area contributed by atoms with Crippen molar-refractivity contribution in [2.75, 3.05) is 25.5 Å². The number of hydrogen-bond donors (Lipinski definition) is 1. The zero-order valence-corrected chi connectivity index (χ0v) is 19.4. The van der Waals surface area contributed by atoms with Crippen LogP contribution < -0.4 is 10.1 Å². The molecule has 30 heavy (non-hydrogen) atoms. The summed E-state index contributed by atoms with van der Waals surface area (Å²) in [7, 11) is 1.62. The average Bonchev–Trinajstić information content (AvgIpc) is 3.09. The van der Waals surface area contributed by atoms with E-state index in [0.717, 1.165) is 17.1 Å². The number of ether oxygens (including phenoxy) is 1. The molecule has 1 N–H and O–H groups in total. The van der Waals surface area contributed by atoms with E-state index >= 15 is 0 Å². The molecule has 0 bridgehead atoms. The largest absolute Gasteiger partial charge is 0.497 e. The number of rotatable bonds is 6. The Hall–Kier alpha value is -2.83. The van der Waals surface area contributed by atoms with Gasteiger partial charge in [0, 0.05) is 23.4 Å². The van der Waals surface area contributed by atoms with Crippen molar-refractivity contribution in [2.45, 2.75) is 53.9 Å². The van der Waals surface area contributed by atoms with Crippen LogP contribution in [0.3, 0.4) is 0 Å². The van der Waals surface area contributed by atoms with Crippen LogP contribution in [0.5, 0.6) is 5.75 Å². The van der Waals surface area contributed by atoms with Crippen molar-refractivity contribution in [3.05, 3.63) is 36.0 Å². The highest BCUT2D eigenvalue weighted by Crippen LogP contribution is 2.27. The molecule has 7 heteroatoms. The molecule has 0 spiro atoms. The first-order valence-electron chi connectivity index (χ1n) is 10.2. The number of amides is 2. The first-order valence-corrected chi connectivity index (χ1v) is 10.2. The lowest BCUT2D eigenvalue weighted by atomic mass is 9.92. The van der Waals surface area contributed by atoms with Gasteiger partial charge in [-0.25, -0.2) is 4.68 Å². The smallest absolute Gasteiger partial charge is 0.245 e. The van der Waals surface area contributed by atoms with Crippen LogP contribution in [0.15, 0.2) is 30.3 Å². The minimum Gasteiger partial charge on any atom is -0.497 e. The SMILES string of the molecule is CCN(CC(=O)Nc1cc(C(C)(C)C)nn1-c1ccc(OC)cc1)C(=O)C(C)(C)C. The van der Waals surface area contributed by atoms with Gasteiger partial charge in [0.15, 0.2) is 0 Å². The third kappa shape index (κ3) is 5.62. The monoisotopic (exact) mass is 414 g/mol. The normalized spacial score (nSPS) is 11.9. The summed E-state index contributed by atoms with van der Waals surface area (Å²) < 4.78 is 6.94. The van der Waals surface area contributed by atoms with Gasteiger partial charge in [0.2, 0.25) is 11.8 Å². The molecule has 0 aliphatic rings. The lowest BCUT2D eigenvalue weighted by molar-refractivity contribution is -0.141. The van der Waals surface area contributed by atoms with Crippen LogP contribution >= 0.6 is 0 Å². The van der Waals surface area contributed by atoms with Crippen molar-refractivity contribution in [3.63, 3.8) is 0 Å². The number of carbonyl (C=O) groups excluding carboxylic acids is 2. The molecular weight excluding hydrogens is 380 g/mol. The lowest BCUT2D eigenvalue weighted by Gasteiger charge is -2.28. The summed E-state index contributed by atoms with van der Waals surface area (Å²) in [5, 5.41) is 7.65. The Morgan fingerprint density at radius 3 is 2.17 bits per heavy atom. The van der Waals surface area contributed by atoms with E-state index in [1.807, 2.05) is 58.0 Å². The summed E-state index contributed by atoms with van der Waals surface area (Å²) in [5.41, 5.74) is 0.932. The van der Waals surface area contributed by atoms with Crippen LogP contribution in [-0.2, 0) is 15.0 Å². The van der Waals surface area contributed by atoms with Gasteiger partial charge in [-0.05, 0) is 31.2 Å². The molecule has 2 amide bonds. The number of benzene rings is 1. The molecule has 1 aromatic heterocycles. The molecule has 0 aliphatic heterocycles. The summed E-state index contributed by atoms with van der Waals surface area (Å²) >= 11 is 0. The maximum Gasteiger partial charge on any atom is 0.245 e. The van der Waals surface area contributed by atoms with E-state index in [0.29, 0.717) is 12.4 Å². The Labute approximate surface area is 179 Å². The van der Waals surface area contributed by atoms with Gasteiger partial charge < -0.3 is 15.0 Å². The second-order valence-corrected chi connectivity index (χ2v) is 9.39. The molecule has 0 unspecified atom stereocenters. The van der Waals surface area contributed by atoms with Gasteiger partial charge in [-0.3, -0.25) is 9.59 Å². The summed E-state index contributed by atoms with van der Waals surface area (Å²) in [4.78, 5) is 26.9. The molecule has 2 aromatic rings. The molecular formula is C23H34N4O3. The van der Waals surface area contributed by atoms with E-state index in [-0.39, 0.29) is 23.8 Å². The predicted octanol–water partition coefficient (Wildman–Crippen LogP) is 4.01. The molecule has 0 fully saturated rings. The standard InChI is InChI=1S/C23H34N4O3/c1-9-26(21(29)23(5,6)7)15-20(28)24-19-14-18(22(2,3)4)25-27(19)16-10-12-17(30-8)13-11-16/h10-14H,9,15H2,1-8H3,(H,24,28). The molecule has 0 saturated heterocycles. The molecule has 0 aliphatic carbocycles. The van der Waals surface area contributed by atoms with Crippen molar-refractivity contribution < 1.29 is 14.3 Å². The molecule has 0 radical (unpaired) electrons. The van der Waals surface area contributed by atoms with Crippen molar-refractivity contribution >= 4 is 17.6 Å². The summed E-state index contributed by atoms with van der Waals surface area (Å²) in [6.45, 7) is 14.1. The van der Waals surface area contributed by atoms with Crippen LogP contribution in [0.1, 0.15) is 54.2 Å².